The Morgan fingerprint density at radius 3 is 1.31 bits per heavy atom. The molecule has 17 rings (SSSR count). The van der Waals surface area contributed by atoms with Gasteiger partial charge < -0.3 is 11.8 Å². The van der Waals surface area contributed by atoms with Crippen molar-refractivity contribution in [2.45, 2.75) is 175 Å². The molecule has 0 N–H and O–H groups in total. The van der Waals surface area contributed by atoms with Crippen LogP contribution in [0, 0.1) is 120 Å². The van der Waals surface area contributed by atoms with Gasteiger partial charge in [-0.15, -0.1) is 0 Å². The topological polar surface area (TPSA) is 141 Å². The molecule has 15 heteroatoms. The fraction of sp³-hybridized carbons (Fsp3) is 0.712. The zero-order valence-corrected chi connectivity index (χ0v) is 57.6. The fourth-order valence-corrected chi connectivity index (χ4v) is 22.2. The fourth-order valence-electron chi connectivity index (χ4n) is 20.6. The van der Waals surface area contributed by atoms with Crippen LogP contribution in [0.25, 0.3) is 20.2 Å². The van der Waals surface area contributed by atoms with Gasteiger partial charge >= 0.3 is 0 Å². The average molecular weight is 1310 g/mol. The van der Waals surface area contributed by atoms with Crippen molar-refractivity contribution >= 4 is 84.3 Å². The molecular weight excluding hydrogens is 1210 g/mol. The number of rotatable bonds is 9. The molecule has 2 aromatic carbocycles. The second-order valence-corrected chi connectivity index (χ2v) is 31.2. The van der Waals surface area contributed by atoms with Crippen LogP contribution in [0.15, 0.2) is 48.5 Å². The first-order chi connectivity index (χ1) is 42.4. The van der Waals surface area contributed by atoms with E-state index in [1.807, 2.05) is 19.1 Å². The van der Waals surface area contributed by atoms with Crippen molar-refractivity contribution in [3.63, 3.8) is 0 Å². The summed E-state index contributed by atoms with van der Waals surface area (Å²) in [6.07, 6.45) is 29.0. The number of anilines is 1. The Labute approximate surface area is 559 Å². The summed E-state index contributed by atoms with van der Waals surface area (Å²) in [4.78, 5) is 83.5. The predicted molar refractivity (Wildman–Crippen MR) is 349 cm³/mol. The minimum absolute atomic E-state index is 0. The van der Waals surface area contributed by atoms with E-state index in [1.54, 1.807) is 32.9 Å². The maximum Gasteiger partial charge on any atom is 0.233 e. The summed E-state index contributed by atoms with van der Waals surface area (Å²) in [7, 11) is 0. The number of carbonyl (C=O) groups excluding carboxylic acids is 6. The number of hydrogen-bond donors (Lipinski definition) is 0. The van der Waals surface area contributed by atoms with E-state index in [9.17, 15) is 28.8 Å². The number of likely N-dealkylation sites (tertiary alicyclic amines) is 2. The van der Waals surface area contributed by atoms with Gasteiger partial charge in [-0.2, -0.15) is 14.7 Å². The van der Waals surface area contributed by atoms with Crippen molar-refractivity contribution in [1.29, 1.82) is 0 Å². The maximum absolute atomic E-state index is 13.3. The number of imide groups is 2. The van der Waals surface area contributed by atoms with Crippen LogP contribution in [0.2, 0.25) is 0 Å². The first-order valence-electron chi connectivity index (χ1n) is 35.1. The average Bonchev–Trinajstić information content (AvgIpc) is 1.62. The Hall–Kier alpha value is -3.30. The number of nitrogens with zero attached hydrogens (tertiary/aromatic N) is 6. The Morgan fingerprint density at radius 1 is 0.466 bits per heavy atom. The van der Waals surface area contributed by atoms with Gasteiger partial charge in [-0.05, 0) is 184 Å². The van der Waals surface area contributed by atoms with Gasteiger partial charge in [0.1, 0.15) is 17.4 Å². The Balaban J connectivity index is 0.000000128. The number of carbonyl (C=O) groups is 6. The van der Waals surface area contributed by atoms with Crippen molar-refractivity contribution < 1.29 is 62.9 Å². The number of piperazine rings is 1. The molecule has 18 atom stereocenters. The second-order valence-electron chi connectivity index (χ2n) is 29.6. The van der Waals surface area contributed by atoms with E-state index in [0.29, 0.717) is 59.8 Å². The van der Waals surface area contributed by atoms with Crippen molar-refractivity contribution in [2.24, 2.45) is 107 Å². The number of ketones is 2. The molecule has 1 radical (unpaired) electrons. The van der Waals surface area contributed by atoms with Gasteiger partial charge in [0.25, 0.3) is 0 Å². The predicted octanol–water partition coefficient (Wildman–Crippen LogP) is 14.6. The van der Waals surface area contributed by atoms with E-state index in [-0.39, 0.29) is 111 Å². The van der Waals surface area contributed by atoms with E-state index < -0.39 is 0 Å². The first kappa shape index (κ1) is 64.8. The summed E-state index contributed by atoms with van der Waals surface area (Å²) >= 11 is 3.16. The molecule has 3 saturated heterocycles. The Bertz CT molecular complexity index is 3060. The zero-order valence-electron chi connectivity index (χ0n) is 53.2. The standard InChI is InChI=1S/C28H36N4O2S.C18H27NO2.C10H12O2.C9H17.C8H7NS.Y.H2/c33-27-24-18-9-10-19(15-18)25(24)28(34)32(27)17-21-6-2-1-5-20(21)16-30-11-13-31(14-12-30)26-22-7-3-4-8-23(22)35-29-26;1-2-11-5-3-4-6-14(11)10-19-17(20)15-12-7-8-13(9-12)16(15)18(19)21;11-7-4-8(12)10-6-2-1-5(3-6)9(7)10;1-3-9-7-5-4-6-8(9)2;1-6-7-4-2-3-5-8(7)10-9-6;;/h3-4,7-8,18-21,24-25H,1-2,5-6,9-17H2;11-16H,2-10H2,1H3;5-6,9-10H,1-4H2;8-9H,2-7H2,1H3;2-5H,1H3;;1H/q;;;-1;;;/i;;;;;;1+1. The van der Waals surface area contributed by atoms with Gasteiger partial charge in [-0.1, -0.05) is 121 Å². The summed E-state index contributed by atoms with van der Waals surface area (Å²) in [6, 6.07) is 16.8. The van der Waals surface area contributed by atoms with Gasteiger partial charge in [0.2, 0.25) is 23.6 Å². The molecule has 0 spiro atoms. The molecule has 475 valence electrons. The number of amides is 4. The summed E-state index contributed by atoms with van der Waals surface area (Å²) in [5.41, 5.74) is 1.14. The van der Waals surface area contributed by atoms with Gasteiger partial charge in [-0.25, -0.2) is 0 Å². The number of hydrogen-bond acceptors (Lipinski definition) is 12. The quantitative estimate of drug-likeness (QED) is 0.0903. The van der Waals surface area contributed by atoms with E-state index in [1.165, 1.54) is 129 Å². The van der Waals surface area contributed by atoms with Gasteiger partial charge in [0, 0.05) is 103 Å². The zero-order chi connectivity index (χ0) is 60.0. The van der Waals surface area contributed by atoms with Crippen LogP contribution in [0.1, 0.15) is 175 Å². The van der Waals surface area contributed by atoms with Gasteiger partial charge in [0.05, 0.1) is 45.2 Å². The third kappa shape index (κ3) is 12.9. The molecule has 4 amide bonds. The van der Waals surface area contributed by atoms with E-state index in [0.717, 1.165) is 107 Å². The van der Waals surface area contributed by atoms with Crippen LogP contribution in [-0.4, -0.2) is 104 Å². The molecule has 3 aliphatic heterocycles. The molecule has 10 aliphatic carbocycles. The molecule has 12 nitrogen and oxygen atoms in total. The van der Waals surface area contributed by atoms with E-state index in [2.05, 4.69) is 71.3 Å². The summed E-state index contributed by atoms with van der Waals surface area (Å²) < 4.78 is 11.5. The summed E-state index contributed by atoms with van der Waals surface area (Å²) in [5, 5.41) is 2.56. The molecule has 6 bridgehead atoms. The first-order valence-corrected chi connectivity index (χ1v) is 36.6. The van der Waals surface area contributed by atoms with Gasteiger partial charge in [0.15, 0.2) is 0 Å². The van der Waals surface area contributed by atoms with Crippen molar-refractivity contribution in [2.75, 3.05) is 50.7 Å². The summed E-state index contributed by atoms with van der Waals surface area (Å²) in [6.45, 7) is 17.4. The Kier molecular flexibility index (Phi) is 21.0. The molecular formula is C73H101N6O6S2Y-. The molecule has 10 saturated carbocycles. The van der Waals surface area contributed by atoms with Crippen LogP contribution >= 0.6 is 23.1 Å². The molecule has 4 aromatic rings. The minimum atomic E-state index is 0. The number of Topliss-reactive ketones (excluding diaryl/α,β-unsaturated/α-hetero) is 2. The molecule has 13 fully saturated rings. The number of benzene rings is 2. The van der Waals surface area contributed by atoms with Crippen LogP contribution in [0.3, 0.4) is 0 Å². The maximum atomic E-state index is 13.3. The molecule has 5 heterocycles. The van der Waals surface area contributed by atoms with Crippen LogP contribution in [0.5, 0.6) is 0 Å². The van der Waals surface area contributed by atoms with Crippen molar-refractivity contribution in [3.05, 3.63) is 61.1 Å². The smallest absolute Gasteiger partial charge is 0.233 e. The van der Waals surface area contributed by atoms with Crippen molar-refractivity contribution in [1.82, 2.24) is 23.4 Å². The number of aryl methyl sites for hydroxylation is 1. The van der Waals surface area contributed by atoms with Crippen molar-refractivity contribution in [3.8, 4) is 0 Å². The van der Waals surface area contributed by atoms with E-state index >= 15 is 0 Å². The minimum Gasteiger partial charge on any atom is -0.353 e. The Morgan fingerprint density at radius 2 is 0.852 bits per heavy atom. The largest absolute Gasteiger partial charge is 0.353 e. The molecule has 13 aliphatic rings. The normalized spacial score (nSPS) is 36.8. The van der Waals surface area contributed by atoms with Gasteiger partial charge in [-0.3, -0.25) is 43.5 Å². The van der Waals surface area contributed by atoms with Crippen LogP contribution < -0.4 is 4.90 Å². The molecule has 88 heavy (non-hydrogen) atoms. The van der Waals surface area contributed by atoms with Crippen LogP contribution in [-0.2, 0) is 61.5 Å². The third-order valence-corrected chi connectivity index (χ3v) is 26.9. The molecule has 2 aromatic heterocycles. The number of fused-ring (bicyclic) bond motifs is 17. The SMILES string of the molecule is CCC1CCCCC1CN1C(=O)C2C3CCC(C3)C2C1=O.Cc1nsc2ccccc12.O=C1C2C3CCC(C3)C2C(=O)N1CC1CCCCC1CN1CCN(c2nsc3ccccc23)CC1.O=C1CC(=O)C2C3CCC(C3)C12.[2HH].[CH2-]C1CCCCC1CC.[Y]. The second kappa shape index (κ2) is 28.5. The summed E-state index contributed by atoms with van der Waals surface area (Å²) in [5.74, 6) is 10.1. The van der Waals surface area contributed by atoms with Crippen LogP contribution in [0.4, 0.5) is 5.82 Å². The number of aromatic nitrogens is 2. The molecule has 18 unspecified atom stereocenters. The van der Waals surface area contributed by atoms with E-state index in [4.69, 9.17) is 4.37 Å². The third-order valence-electron chi connectivity index (χ3n) is 25.2. The monoisotopic (exact) mass is 1310 g/mol.